The molecule has 0 unspecified atom stereocenters. The van der Waals surface area contributed by atoms with Crippen LogP contribution in [-0.2, 0) is 44.9 Å². The van der Waals surface area contributed by atoms with E-state index in [9.17, 15) is 38.4 Å². The molecule has 4 atom stereocenters. The monoisotopic (exact) mass is 860 g/mol. The van der Waals surface area contributed by atoms with Crippen LogP contribution >= 0.6 is 0 Å². The molecule has 2 rings (SSSR count). The average Bonchev–Trinajstić information content (AvgIpc) is 3.25. The van der Waals surface area contributed by atoms with Crippen molar-refractivity contribution in [2.75, 3.05) is 45.8 Å². The van der Waals surface area contributed by atoms with Gasteiger partial charge in [0.15, 0.2) is 0 Å². The summed E-state index contributed by atoms with van der Waals surface area (Å²) in [4.78, 5) is 105. The van der Waals surface area contributed by atoms with Crippen LogP contribution < -0.4 is 59.7 Å². The number of benzene rings is 1. The van der Waals surface area contributed by atoms with Gasteiger partial charge in [-0.05, 0) is 102 Å². The number of rotatable bonds is 24. The first kappa shape index (κ1) is 51.8. The van der Waals surface area contributed by atoms with E-state index >= 15 is 0 Å². The van der Waals surface area contributed by atoms with Gasteiger partial charge in [0.1, 0.15) is 30.8 Å². The molecule has 0 saturated carbocycles. The van der Waals surface area contributed by atoms with Crippen LogP contribution in [0.2, 0.25) is 0 Å². The standard InChI is InChI=1S/C41H69N11O9/c42-21-9-6-16-30-37(56)47-27-36(55)50-32(18-8-11-23-44)39(58)52-33(40(59)51-31(17-7-10-22-43)38(57)48-26-35(54)49-30)19-20-34(53)45-24-12-1-2-13-25-46-41(60)61-28-29-14-4-3-5-15-29/h3-5,14-15,30-33H,1-2,6-13,16-28,42-44H2,(H,45,53)(H,46,60)(H,47,56)(H,48,57)(H,49,54)(H,50,55)(H,51,59)(H,52,58)/t30-,31-,32-,33-/m1/s1. The third-order valence-electron chi connectivity index (χ3n) is 9.82. The summed E-state index contributed by atoms with van der Waals surface area (Å²) >= 11 is 0. The Kier molecular flexibility index (Phi) is 26.8. The highest BCUT2D eigenvalue weighted by molar-refractivity contribution is 5.97. The second-order valence-corrected chi connectivity index (χ2v) is 14.9. The Hall–Kier alpha value is -5.34. The molecule has 0 spiro atoms. The summed E-state index contributed by atoms with van der Waals surface area (Å²) in [6.45, 7) is 1.04. The molecule has 20 nitrogen and oxygen atoms in total. The van der Waals surface area contributed by atoms with Crippen molar-refractivity contribution < 1.29 is 43.1 Å². The van der Waals surface area contributed by atoms with Gasteiger partial charge in [-0.1, -0.05) is 43.2 Å². The highest BCUT2D eigenvalue weighted by Crippen LogP contribution is 2.09. The molecular formula is C41H69N11O9. The van der Waals surface area contributed by atoms with Crippen LogP contribution in [0.3, 0.4) is 0 Å². The van der Waals surface area contributed by atoms with Gasteiger partial charge in [-0.15, -0.1) is 0 Å². The summed E-state index contributed by atoms with van der Waals surface area (Å²) in [6.07, 6.45) is 5.84. The van der Waals surface area contributed by atoms with Crippen LogP contribution in [0.15, 0.2) is 30.3 Å². The fourth-order valence-electron chi connectivity index (χ4n) is 6.33. The highest BCUT2D eigenvalue weighted by atomic mass is 16.5. The minimum atomic E-state index is -1.29. The molecule has 20 heteroatoms. The Morgan fingerprint density at radius 1 is 0.541 bits per heavy atom. The summed E-state index contributed by atoms with van der Waals surface area (Å²) in [6, 6.07) is 4.79. The van der Waals surface area contributed by atoms with Crippen molar-refractivity contribution in [1.82, 2.24) is 42.5 Å². The number of nitrogens with one attached hydrogen (secondary N) is 8. The number of carbonyl (C=O) groups excluding carboxylic acids is 8. The predicted octanol–water partition coefficient (Wildman–Crippen LogP) is -1.06. The first-order valence-electron chi connectivity index (χ1n) is 21.5. The van der Waals surface area contributed by atoms with E-state index < -0.39 is 78.8 Å². The van der Waals surface area contributed by atoms with Gasteiger partial charge in [-0.3, -0.25) is 33.6 Å². The number of nitrogens with two attached hydrogens (primary N) is 3. The number of ether oxygens (including phenoxy) is 1. The lowest BCUT2D eigenvalue weighted by Gasteiger charge is -2.26. The van der Waals surface area contributed by atoms with Crippen molar-refractivity contribution in [3.05, 3.63) is 35.9 Å². The molecule has 8 amide bonds. The van der Waals surface area contributed by atoms with E-state index in [1.165, 1.54) is 0 Å². The summed E-state index contributed by atoms with van der Waals surface area (Å²) in [5.74, 6) is -4.45. The van der Waals surface area contributed by atoms with Crippen LogP contribution in [0.4, 0.5) is 4.79 Å². The summed E-state index contributed by atoms with van der Waals surface area (Å²) in [5.41, 5.74) is 17.8. The maximum atomic E-state index is 13.8. The molecule has 0 bridgehead atoms. The third kappa shape index (κ3) is 23.3. The molecule has 1 aliphatic rings. The molecule has 342 valence electrons. The van der Waals surface area contributed by atoms with Crippen LogP contribution in [0.25, 0.3) is 0 Å². The maximum Gasteiger partial charge on any atom is 0.407 e. The van der Waals surface area contributed by atoms with Crippen LogP contribution in [0.1, 0.15) is 102 Å². The van der Waals surface area contributed by atoms with Gasteiger partial charge in [-0.25, -0.2) is 4.79 Å². The van der Waals surface area contributed by atoms with Crippen LogP contribution in [0.5, 0.6) is 0 Å². The SMILES string of the molecule is NCCCC[C@H]1NC(=O)CNC(=O)[C@@H](CCCCN)NC(=O)[C@@H](CCC(=O)NCCCCCCNC(=O)OCc2ccccc2)NC(=O)[C@@H](CCCCN)NC(=O)CNC1=O. The quantitative estimate of drug-likeness (QED) is 0.0555. The Bertz CT molecular complexity index is 1510. The zero-order valence-corrected chi connectivity index (χ0v) is 35.4. The Morgan fingerprint density at radius 2 is 0.984 bits per heavy atom. The van der Waals surface area contributed by atoms with Crippen LogP contribution in [0, 0.1) is 0 Å². The molecule has 1 fully saturated rings. The van der Waals surface area contributed by atoms with E-state index in [-0.39, 0.29) is 44.6 Å². The molecule has 1 saturated heterocycles. The molecule has 61 heavy (non-hydrogen) atoms. The Balaban J connectivity index is 2.08. The lowest BCUT2D eigenvalue weighted by Crippen LogP contribution is -2.58. The molecule has 1 aliphatic heterocycles. The Labute approximate surface area is 358 Å². The van der Waals surface area contributed by atoms with Gasteiger partial charge in [-0.2, -0.15) is 0 Å². The zero-order chi connectivity index (χ0) is 44.7. The second-order valence-electron chi connectivity index (χ2n) is 14.9. The largest absolute Gasteiger partial charge is 0.445 e. The molecule has 0 aromatic heterocycles. The normalized spacial score (nSPS) is 19.5. The molecule has 14 N–H and O–H groups in total. The minimum absolute atomic E-state index is 0.139. The summed E-state index contributed by atoms with van der Waals surface area (Å²) in [7, 11) is 0. The van der Waals surface area contributed by atoms with Crippen molar-refractivity contribution >= 4 is 47.4 Å². The van der Waals surface area contributed by atoms with Crippen molar-refractivity contribution in [1.29, 1.82) is 0 Å². The molecule has 1 heterocycles. The highest BCUT2D eigenvalue weighted by Gasteiger charge is 2.31. The van der Waals surface area contributed by atoms with Crippen molar-refractivity contribution in [2.45, 2.75) is 127 Å². The van der Waals surface area contributed by atoms with Crippen LogP contribution in [-0.4, -0.2) is 117 Å². The van der Waals surface area contributed by atoms with Gasteiger partial charge >= 0.3 is 6.09 Å². The van der Waals surface area contributed by atoms with E-state index in [1.54, 1.807) is 0 Å². The molecule has 1 aromatic carbocycles. The predicted molar refractivity (Wildman–Crippen MR) is 228 cm³/mol. The maximum absolute atomic E-state index is 13.8. The average molecular weight is 860 g/mol. The number of hydrogen-bond acceptors (Lipinski definition) is 12. The van der Waals surface area contributed by atoms with E-state index in [4.69, 9.17) is 21.9 Å². The molecule has 0 radical (unpaired) electrons. The van der Waals surface area contributed by atoms with Crippen molar-refractivity contribution in [3.63, 3.8) is 0 Å². The first-order valence-corrected chi connectivity index (χ1v) is 21.5. The zero-order valence-electron chi connectivity index (χ0n) is 35.4. The summed E-state index contributed by atoms with van der Waals surface area (Å²) < 4.78 is 5.20. The van der Waals surface area contributed by atoms with Gasteiger partial charge < -0.3 is 64.5 Å². The lowest BCUT2D eigenvalue weighted by molar-refractivity contribution is -0.135. The third-order valence-corrected chi connectivity index (χ3v) is 9.82. The summed E-state index contributed by atoms with van der Waals surface area (Å²) in [5, 5.41) is 21.1. The Morgan fingerprint density at radius 3 is 1.48 bits per heavy atom. The van der Waals surface area contributed by atoms with Gasteiger partial charge in [0.2, 0.25) is 41.4 Å². The fraction of sp³-hybridized carbons (Fsp3) is 0.659. The fourth-order valence-corrected chi connectivity index (χ4v) is 6.33. The molecule has 1 aromatic rings. The number of hydrogen-bond donors (Lipinski definition) is 11. The smallest absolute Gasteiger partial charge is 0.407 e. The van der Waals surface area contributed by atoms with Gasteiger partial charge in [0.25, 0.3) is 0 Å². The number of unbranched alkanes of at least 4 members (excludes halogenated alkanes) is 6. The first-order chi connectivity index (χ1) is 29.5. The molecule has 0 aliphatic carbocycles. The van der Waals surface area contributed by atoms with E-state index in [0.29, 0.717) is 77.7 Å². The van der Waals surface area contributed by atoms with Crippen molar-refractivity contribution in [3.8, 4) is 0 Å². The number of alkyl carbamates (subject to hydrolysis) is 1. The van der Waals surface area contributed by atoms with Crippen molar-refractivity contribution in [2.24, 2.45) is 17.2 Å². The second kappa shape index (κ2) is 31.5. The van der Waals surface area contributed by atoms with E-state index in [1.807, 2.05) is 30.3 Å². The number of carbonyl (C=O) groups is 8. The van der Waals surface area contributed by atoms with Gasteiger partial charge in [0.05, 0.1) is 13.1 Å². The number of amides is 8. The molecular weight excluding hydrogens is 791 g/mol. The van der Waals surface area contributed by atoms with Gasteiger partial charge in [0, 0.05) is 19.5 Å². The minimum Gasteiger partial charge on any atom is -0.445 e. The lowest BCUT2D eigenvalue weighted by atomic mass is 10.0. The van der Waals surface area contributed by atoms with E-state index in [0.717, 1.165) is 24.8 Å². The topological polar surface area (TPSA) is 320 Å². The van der Waals surface area contributed by atoms with E-state index in [2.05, 4.69) is 42.5 Å².